The lowest BCUT2D eigenvalue weighted by atomic mass is 10.2. The third-order valence-corrected chi connectivity index (χ3v) is 3.29. The van der Waals surface area contributed by atoms with E-state index in [1.54, 1.807) is 18.2 Å². The summed E-state index contributed by atoms with van der Waals surface area (Å²) in [5.74, 6) is -1.24. The zero-order chi connectivity index (χ0) is 12.6. The predicted molar refractivity (Wildman–Crippen MR) is 65.8 cm³/mol. The summed E-state index contributed by atoms with van der Waals surface area (Å²) in [5.41, 5.74) is 0.717. The van der Waals surface area contributed by atoms with Gasteiger partial charge < -0.3 is 5.11 Å². The maximum Gasteiger partial charge on any atom is 0.342 e. The Morgan fingerprint density at radius 1 is 1.47 bits per heavy atom. The third-order valence-electron chi connectivity index (χ3n) is 2.40. The van der Waals surface area contributed by atoms with E-state index in [9.17, 15) is 9.59 Å². The van der Waals surface area contributed by atoms with Crippen molar-refractivity contribution in [3.8, 4) is 5.69 Å². The molecule has 0 saturated carbocycles. The molecule has 0 bridgehead atoms. The summed E-state index contributed by atoms with van der Waals surface area (Å²) in [6.45, 7) is 1.89. The number of carbonyl (C=O) groups is 1. The summed E-state index contributed by atoms with van der Waals surface area (Å²) in [6, 6.07) is 5.31. The molecule has 0 spiro atoms. The van der Waals surface area contributed by atoms with Crippen LogP contribution < -0.4 is 5.56 Å². The van der Waals surface area contributed by atoms with Crippen LogP contribution in [0.15, 0.2) is 33.7 Å². The zero-order valence-corrected chi connectivity index (χ0v) is 10.5. The van der Waals surface area contributed by atoms with Gasteiger partial charge in [0.2, 0.25) is 0 Å². The molecule has 17 heavy (non-hydrogen) atoms. The van der Waals surface area contributed by atoms with Gasteiger partial charge in [-0.1, -0.05) is 15.9 Å². The van der Waals surface area contributed by atoms with Crippen molar-refractivity contribution in [1.82, 2.24) is 9.78 Å². The lowest BCUT2D eigenvalue weighted by Crippen LogP contribution is -2.19. The van der Waals surface area contributed by atoms with Gasteiger partial charge in [0.05, 0.1) is 5.69 Å². The Bertz CT molecular complexity index is 642. The smallest absolute Gasteiger partial charge is 0.342 e. The van der Waals surface area contributed by atoms with Crippen LogP contribution >= 0.6 is 15.9 Å². The minimum Gasteiger partial charge on any atom is -0.477 e. The fourth-order valence-electron chi connectivity index (χ4n) is 1.48. The Kier molecular flexibility index (Phi) is 2.89. The van der Waals surface area contributed by atoms with Crippen molar-refractivity contribution >= 4 is 21.9 Å². The van der Waals surface area contributed by atoms with Crippen molar-refractivity contribution < 1.29 is 9.90 Å². The number of aromatic nitrogens is 2. The largest absolute Gasteiger partial charge is 0.477 e. The number of aromatic carboxylic acids is 1. The number of hydrogen-bond acceptors (Lipinski definition) is 2. The van der Waals surface area contributed by atoms with Gasteiger partial charge in [-0.25, -0.2) is 9.48 Å². The van der Waals surface area contributed by atoms with E-state index in [-0.39, 0.29) is 5.56 Å². The normalized spacial score (nSPS) is 10.5. The van der Waals surface area contributed by atoms with Crippen LogP contribution in [0.4, 0.5) is 0 Å². The second-order valence-electron chi connectivity index (χ2n) is 3.57. The number of benzene rings is 1. The molecule has 0 fully saturated rings. The molecule has 1 aromatic heterocycles. The Labute approximate surface area is 105 Å². The maximum absolute atomic E-state index is 11.7. The van der Waals surface area contributed by atoms with Crippen molar-refractivity contribution in [3.63, 3.8) is 0 Å². The van der Waals surface area contributed by atoms with E-state index in [1.165, 1.54) is 10.9 Å². The minimum atomic E-state index is -1.24. The summed E-state index contributed by atoms with van der Waals surface area (Å²) >= 11 is 3.36. The lowest BCUT2D eigenvalue weighted by molar-refractivity contribution is 0.0695. The molecule has 0 amide bonds. The number of rotatable bonds is 2. The fraction of sp³-hybridized carbons (Fsp3) is 0.0909. The highest BCUT2D eigenvalue weighted by atomic mass is 79.9. The molecule has 1 heterocycles. The zero-order valence-electron chi connectivity index (χ0n) is 8.90. The topological polar surface area (TPSA) is 75.1 Å². The van der Waals surface area contributed by atoms with E-state index >= 15 is 0 Å². The van der Waals surface area contributed by atoms with Gasteiger partial charge in [0.1, 0.15) is 5.56 Å². The van der Waals surface area contributed by atoms with E-state index in [1.807, 2.05) is 6.92 Å². The molecule has 5 nitrogen and oxygen atoms in total. The number of nitrogens with one attached hydrogen (secondary N) is 1. The first kappa shape index (κ1) is 11.7. The first-order valence-corrected chi connectivity index (χ1v) is 5.60. The van der Waals surface area contributed by atoms with Crippen molar-refractivity contribution in [2.24, 2.45) is 0 Å². The predicted octanol–water partition coefficient (Wildman–Crippen LogP) is 1.93. The molecule has 0 saturated heterocycles. The highest BCUT2D eigenvalue weighted by Crippen LogP contribution is 2.18. The van der Waals surface area contributed by atoms with E-state index in [4.69, 9.17) is 5.11 Å². The summed E-state index contributed by atoms with van der Waals surface area (Å²) in [4.78, 5) is 22.5. The Balaban J connectivity index is 2.58. The van der Waals surface area contributed by atoms with Gasteiger partial charge in [-0.15, -0.1) is 0 Å². The number of carboxylic acid groups (broad SMARTS) is 1. The second kappa shape index (κ2) is 4.21. The van der Waals surface area contributed by atoms with Crippen molar-refractivity contribution in [2.45, 2.75) is 6.92 Å². The highest BCUT2D eigenvalue weighted by molar-refractivity contribution is 9.10. The fourth-order valence-corrected chi connectivity index (χ4v) is 1.73. The van der Waals surface area contributed by atoms with Crippen LogP contribution in [0.2, 0.25) is 0 Å². The number of nitrogens with zero attached hydrogens (tertiary/aromatic N) is 1. The van der Waals surface area contributed by atoms with E-state index < -0.39 is 11.5 Å². The molecule has 0 atom stereocenters. The van der Waals surface area contributed by atoms with E-state index in [2.05, 4.69) is 21.0 Å². The Morgan fingerprint density at radius 2 is 2.18 bits per heavy atom. The molecule has 2 rings (SSSR count). The van der Waals surface area contributed by atoms with Crippen LogP contribution in [0.1, 0.15) is 15.9 Å². The number of halogens is 1. The lowest BCUT2D eigenvalue weighted by Gasteiger charge is -2.04. The van der Waals surface area contributed by atoms with Gasteiger partial charge in [-0.05, 0) is 30.7 Å². The molecular weight excluding hydrogens is 288 g/mol. The van der Waals surface area contributed by atoms with Gasteiger partial charge in [-0.3, -0.25) is 9.89 Å². The molecule has 2 aromatic rings. The molecular formula is C11H9BrN2O3. The summed E-state index contributed by atoms with van der Waals surface area (Å²) in [5, 5.41) is 11.4. The summed E-state index contributed by atoms with van der Waals surface area (Å²) in [7, 11) is 0. The number of hydrogen-bond donors (Lipinski definition) is 2. The molecule has 0 aliphatic rings. The molecule has 2 N–H and O–H groups in total. The highest BCUT2D eigenvalue weighted by Gasteiger charge is 2.13. The van der Waals surface area contributed by atoms with Gasteiger partial charge in [0.25, 0.3) is 5.56 Å². The number of H-pyrrole nitrogens is 1. The van der Waals surface area contributed by atoms with E-state index in [0.29, 0.717) is 5.69 Å². The van der Waals surface area contributed by atoms with Crippen LogP contribution in [0.3, 0.4) is 0 Å². The molecule has 0 aliphatic heterocycles. The first-order valence-electron chi connectivity index (χ1n) is 4.81. The Morgan fingerprint density at radius 3 is 2.71 bits per heavy atom. The average molecular weight is 297 g/mol. The van der Waals surface area contributed by atoms with Crippen molar-refractivity contribution in [2.75, 3.05) is 0 Å². The van der Waals surface area contributed by atoms with Gasteiger partial charge in [0, 0.05) is 10.7 Å². The molecule has 88 valence electrons. The van der Waals surface area contributed by atoms with Crippen molar-refractivity contribution in [3.05, 3.63) is 50.3 Å². The second-order valence-corrected chi connectivity index (χ2v) is 4.42. The Hall–Kier alpha value is -1.82. The van der Waals surface area contributed by atoms with Gasteiger partial charge in [0.15, 0.2) is 0 Å². The minimum absolute atomic E-state index is 0.273. The van der Waals surface area contributed by atoms with Crippen LogP contribution in [-0.2, 0) is 0 Å². The molecule has 6 heteroatoms. The molecule has 0 unspecified atom stereocenters. The van der Waals surface area contributed by atoms with Crippen LogP contribution in [-0.4, -0.2) is 20.9 Å². The van der Waals surface area contributed by atoms with Crippen LogP contribution in [0.25, 0.3) is 5.69 Å². The summed E-state index contributed by atoms with van der Waals surface area (Å²) in [6.07, 6.45) is 1.18. The SMILES string of the molecule is Cc1cc(-n2[nH]cc(C(=O)O)c2=O)ccc1Br. The summed E-state index contributed by atoms with van der Waals surface area (Å²) < 4.78 is 2.13. The van der Waals surface area contributed by atoms with Crippen LogP contribution in [0, 0.1) is 6.92 Å². The number of carboxylic acids is 1. The van der Waals surface area contributed by atoms with Crippen molar-refractivity contribution in [1.29, 1.82) is 0 Å². The maximum atomic E-state index is 11.7. The number of aryl methyl sites for hydroxylation is 1. The van der Waals surface area contributed by atoms with Gasteiger partial charge in [-0.2, -0.15) is 0 Å². The van der Waals surface area contributed by atoms with E-state index in [0.717, 1.165) is 10.0 Å². The first-order chi connectivity index (χ1) is 8.00. The molecule has 1 aromatic carbocycles. The molecule has 0 aliphatic carbocycles. The quantitative estimate of drug-likeness (QED) is 0.889. The number of aromatic amines is 1. The molecule has 0 radical (unpaired) electrons. The van der Waals surface area contributed by atoms with Crippen LogP contribution in [0.5, 0.6) is 0 Å². The van der Waals surface area contributed by atoms with Gasteiger partial charge >= 0.3 is 5.97 Å². The average Bonchev–Trinajstić information content (AvgIpc) is 2.64. The third kappa shape index (κ3) is 2.03. The standard InChI is InChI=1S/C11H9BrN2O3/c1-6-4-7(2-3-9(6)12)14-10(15)8(5-13-14)11(16)17/h2-5,13H,1H3,(H,16,17). The monoisotopic (exact) mass is 296 g/mol.